The molecule has 1 amide bonds. The van der Waals surface area contributed by atoms with E-state index in [0.717, 1.165) is 0 Å². The Labute approximate surface area is 189 Å². The van der Waals surface area contributed by atoms with Gasteiger partial charge in [-0.3, -0.25) is 9.59 Å². The van der Waals surface area contributed by atoms with Gasteiger partial charge in [-0.05, 0) is 19.4 Å². The first-order valence-corrected chi connectivity index (χ1v) is 10.9. The van der Waals surface area contributed by atoms with Gasteiger partial charge in [-0.1, -0.05) is 17.8 Å². The van der Waals surface area contributed by atoms with Gasteiger partial charge in [-0.15, -0.1) is 0 Å². The zero-order valence-electron chi connectivity index (χ0n) is 18.2. The van der Waals surface area contributed by atoms with Crippen LogP contribution in [0.3, 0.4) is 0 Å². The number of ether oxygens (including phenoxy) is 3. The van der Waals surface area contributed by atoms with E-state index in [2.05, 4.69) is 5.32 Å². The predicted octanol–water partition coefficient (Wildman–Crippen LogP) is 2.35. The summed E-state index contributed by atoms with van der Waals surface area (Å²) < 4.78 is 21.5. The van der Waals surface area contributed by atoms with Crippen LogP contribution in [0.25, 0.3) is 0 Å². The van der Waals surface area contributed by atoms with Crippen LogP contribution in [0.4, 0.5) is 0 Å². The number of amides is 1. The lowest BCUT2D eigenvalue weighted by atomic mass is 9.87. The minimum Gasteiger partial charge on any atom is -0.507 e. The van der Waals surface area contributed by atoms with Crippen molar-refractivity contribution in [1.82, 2.24) is 5.32 Å². The SMILES string of the molecule is COc1ccc(C(CC(=O)NC2CCSC2=O)c2c(O)cc(C)oc2=O)c(OC)c1OC. The Morgan fingerprint density at radius 3 is 2.50 bits per heavy atom. The van der Waals surface area contributed by atoms with Crippen LogP contribution in [-0.2, 0) is 9.59 Å². The van der Waals surface area contributed by atoms with Crippen molar-refractivity contribution in [2.75, 3.05) is 27.1 Å². The average Bonchev–Trinajstić information content (AvgIpc) is 3.15. The minimum atomic E-state index is -0.939. The normalized spacial score (nSPS) is 16.5. The smallest absolute Gasteiger partial charge is 0.343 e. The van der Waals surface area contributed by atoms with Crippen molar-refractivity contribution < 1.29 is 33.3 Å². The van der Waals surface area contributed by atoms with Gasteiger partial charge in [0, 0.05) is 29.7 Å². The first-order chi connectivity index (χ1) is 15.3. The number of methoxy groups -OCH3 is 3. The second-order valence-electron chi connectivity index (χ2n) is 7.20. The molecule has 2 aromatic rings. The van der Waals surface area contributed by atoms with Gasteiger partial charge in [0.15, 0.2) is 11.5 Å². The number of hydrogen-bond acceptors (Lipinski definition) is 9. The van der Waals surface area contributed by atoms with Crippen LogP contribution in [0.5, 0.6) is 23.0 Å². The maximum atomic E-state index is 12.9. The van der Waals surface area contributed by atoms with Crippen LogP contribution in [0.1, 0.15) is 35.6 Å². The lowest BCUT2D eigenvalue weighted by molar-refractivity contribution is -0.124. The highest BCUT2D eigenvalue weighted by Crippen LogP contribution is 2.45. The van der Waals surface area contributed by atoms with Crippen molar-refractivity contribution in [2.45, 2.75) is 31.7 Å². The molecule has 0 spiro atoms. The number of carbonyl (C=O) groups excluding carboxylic acids is 2. The third kappa shape index (κ3) is 4.69. The molecule has 2 heterocycles. The Morgan fingerprint density at radius 2 is 1.94 bits per heavy atom. The molecule has 9 nitrogen and oxygen atoms in total. The summed E-state index contributed by atoms with van der Waals surface area (Å²) >= 11 is 1.17. The lowest BCUT2D eigenvalue weighted by Gasteiger charge is -2.23. The van der Waals surface area contributed by atoms with Gasteiger partial charge < -0.3 is 29.1 Å². The molecular weight excluding hydrogens is 438 g/mol. The summed E-state index contributed by atoms with van der Waals surface area (Å²) in [5.74, 6) is 0.0860. The third-order valence-corrected chi connectivity index (χ3v) is 6.22. The molecule has 0 aliphatic carbocycles. The molecule has 0 saturated carbocycles. The van der Waals surface area contributed by atoms with Crippen LogP contribution < -0.4 is 25.2 Å². The van der Waals surface area contributed by atoms with Gasteiger partial charge in [0.05, 0.1) is 32.9 Å². The first kappa shape index (κ1) is 23.5. The number of aryl methyl sites for hydroxylation is 1. The summed E-state index contributed by atoms with van der Waals surface area (Å²) in [7, 11) is 4.33. The highest BCUT2D eigenvalue weighted by molar-refractivity contribution is 8.14. The van der Waals surface area contributed by atoms with Crippen LogP contribution >= 0.6 is 11.8 Å². The van der Waals surface area contributed by atoms with E-state index in [0.29, 0.717) is 23.5 Å². The third-order valence-electron chi connectivity index (χ3n) is 5.21. The van der Waals surface area contributed by atoms with E-state index in [9.17, 15) is 19.5 Å². The topological polar surface area (TPSA) is 124 Å². The quantitative estimate of drug-likeness (QED) is 0.607. The summed E-state index contributed by atoms with van der Waals surface area (Å²) in [5, 5.41) is 13.2. The second kappa shape index (κ2) is 9.99. The number of thioether (sulfide) groups is 1. The molecule has 3 rings (SSSR count). The molecule has 1 aromatic carbocycles. The van der Waals surface area contributed by atoms with Gasteiger partial charge in [0.1, 0.15) is 11.5 Å². The van der Waals surface area contributed by atoms with Crippen molar-refractivity contribution in [3.8, 4) is 23.0 Å². The molecule has 1 aromatic heterocycles. The van der Waals surface area contributed by atoms with Gasteiger partial charge in [-0.2, -0.15) is 0 Å². The van der Waals surface area contributed by atoms with Crippen LogP contribution in [-0.4, -0.2) is 49.3 Å². The monoisotopic (exact) mass is 463 g/mol. The highest BCUT2D eigenvalue weighted by Gasteiger charge is 2.33. The fourth-order valence-electron chi connectivity index (χ4n) is 3.76. The average molecular weight is 464 g/mol. The van der Waals surface area contributed by atoms with Crippen LogP contribution in [0.2, 0.25) is 0 Å². The molecule has 0 bridgehead atoms. The largest absolute Gasteiger partial charge is 0.507 e. The predicted molar refractivity (Wildman–Crippen MR) is 118 cm³/mol. The number of benzene rings is 1. The van der Waals surface area contributed by atoms with Crippen molar-refractivity contribution in [3.05, 3.63) is 45.5 Å². The van der Waals surface area contributed by atoms with Gasteiger partial charge >= 0.3 is 5.63 Å². The molecule has 1 fully saturated rings. The standard InChI is InChI=1S/C22H25NO8S/c1-11-9-15(24)18(21(26)31-11)13(10-17(25)23-14-7-8-32-22(14)27)12-5-6-16(28-2)20(30-4)19(12)29-3/h5-6,9,13-14,24H,7-8,10H2,1-4H3,(H,23,25). The van der Waals surface area contributed by atoms with E-state index in [1.54, 1.807) is 12.1 Å². The lowest BCUT2D eigenvalue weighted by Crippen LogP contribution is -2.38. The zero-order valence-corrected chi connectivity index (χ0v) is 19.0. The summed E-state index contributed by atoms with van der Waals surface area (Å²) in [4.78, 5) is 37.5. The number of rotatable bonds is 8. The molecule has 32 heavy (non-hydrogen) atoms. The summed E-state index contributed by atoms with van der Waals surface area (Å²) in [6.07, 6.45) is 0.305. The maximum absolute atomic E-state index is 12.9. The Kier molecular flexibility index (Phi) is 7.34. The molecule has 2 unspecified atom stereocenters. The number of carbonyl (C=O) groups is 2. The van der Waals surface area contributed by atoms with E-state index >= 15 is 0 Å². The maximum Gasteiger partial charge on any atom is 0.343 e. The summed E-state index contributed by atoms with van der Waals surface area (Å²) in [6, 6.07) is 3.98. The number of hydrogen-bond donors (Lipinski definition) is 2. The van der Waals surface area contributed by atoms with E-state index in [1.165, 1.54) is 46.1 Å². The minimum absolute atomic E-state index is 0.0941. The van der Waals surface area contributed by atoms with E-state index < -0.39 is 23.5 Å². The molecule has 1 saturated heterocycles. The van der Waals surface area contributed by atoms with Crippen LogP contribution in [0, 0.1) is 6.92 Å². The fourth-order valence-corrected chi connectivity index (χ4v) is 4.69. The Hall–Kier alpha value is -3.14. The Balaban J connectivity index is 2.11. The number of nitrogens with one attached hydrogen (secondary N) is 1. The van der Waals surface area contributed by atoms with Crippen LogP contribution in [0.15, 0.2) is 27.4 Å². The van der Waals surface area contributed by atoms with Gasteiger partial charge in [0.2, 0.25) is 16.8 Å². The van der Waals surface area contributed by atoms with Gasteiger partial charge in [0.25, 0.3) is 0 Å². The Morgan fingerprint density at radius 1 is 1.22 bits per heavy atom. The first-order valence-electron chi connectivity index (χ1n) is 9.89. The van der Waals surface area contributed by atoms with E-state index in [4.69, 9.17) is 18.6 Å². The molecule has 0 radical (unpaired) electrons. The van der Waals surface area contributed by atoms with E-state index in [1.807, 2.05) is 0 Å². The van der Waals surface area contributed by atoms with Crippen molar-refractivity contribution in [2.24, 2.45) is 0 Å². The molecular formula is C22H25NO8S. The molecule has 1 aliphatic rings. The van der Waals surface area contributed by atoms with E-state index in [-0.39, 0.29) is 40.1 Å². The zero-order chi connectivity index (χ0) is 23.4. The number of aromatic hydroxyl groups is 1. The van der Waals surface area contributed by atoms with Crippen molar-refractivity contribution in [3.63, 3.8) is 0 Å². The molecule has 10 heteroatoms. The summed E-state index contributed by atoms with van der Waals surface area (Å²) in [6.45, 7) is 1.53. The molecule has 2 atom stereocenters. The fraction of sp³-hybridized carbons (Fsp3) is 0.409. The van der Waals surface area contributed by atoms with Gasteiger partial charge in [-0.25, -0.2) is 4.79 Å². The second-order valence-corrected chi connectivity index (χ2v) is 8.30. The Bertz CT molecular complexity index is 1080. The van der Waals surface area contributed by atoms with Crippen molar-refractivity contribution in [1.29, 1.82) is 0 Å². The molecule has 172 valence electrons. The molecule has 1 aliphatic heterocycles. The highest BCUT2D eigenvalue weighted by atomic mass is 32.2. The molecule has 2 N–H and O–H groups in total. The van der Waals surface area contributed by atoms with Crippen molar-refractivity contribution >= 4 is 22.8 Å². The summed E-state index contributed by atoms with van der Waals surface area (Å²) in [5.41, 5.74) is -0.452.